The first-order chi connectivity index (χ1) is 35.8. The van der Waals surface area contributed by atoms with Crippen LogP contribution in [-0.2, 0) is 41.6 Å². The summed E-state index contributed by atoms with van der Waals surface area (Å²) in [7, 11) is 1.55. The van der Waals surface area contributed by atoms with E-state index in [9.17, 15) is 24.4 Å². The Kier molecular flexibility index (Phi) is 15.7. The van der Waals surface area contributed by atoms with Gasteiger partial charge >= 0.3 is 18.2 Å². The number of ether oxygens (including phenoxy) is 3. The fourth-order valence-corrected chi connectivity index (χ4v) is 11.1. The van der Waals surface area contributed by atoms with Gasteiger partial charge in [0.1, 0.15) is 31.2 Å². The van der Waals surface area contributed by atoms with Gasteiger partial charge in [-0.25, -0.2) is 10.2 Å². The van der Waals surface area contributed by atoms with Crippen LogP contribution >= 0.6 is 0 Å². The highest BCUT2D eigenvalue weighted by atomic mass is 19.4. The molecule has 3 saturated heterocycles. The van der Waals surface area contributed by atoms with E-state index in [0.29, 0.717) is 64.5 Å². The average Bonchev–Trinajstić information content (AvgIpc) is 4.02. The molecule has 1 aromatic carbocycles. The number of carbonyl (C=O) groups is 4. The molecular formula is C52H68F3N13O7. The molecule has 3 amide bonds. The molecule has 2 N–H and O–H groups in total. The number of rotatable bonds is 11. The van der Waals surface area contributed by atoms with Crippen molar-refractivity contribution in [1.82, 2.24) is 50.1 Å². The van der Waals surface area contributed by atoms with Gasteiger partial charge in [-0.1, -0.05) is 32.5 Å². The summed E-state index contributed by atoms with van der Waals surface area (Å²) >= 11 is 0. The second-order valence-electron chi connectivity index (χ2n) is 21.6. The van der Waals surface area contributed by atoms with Crippen molar-refractivity contribution in [2.45, 2.75) is 122 Å². The van der Waals surface area contributed by atoms with Crippen LogP contribution in [0.3, 0.4) is 0 Å². The van der Waals surface area contributed by atoms with Gasteiger partial charge in [-0.3, -0.25) is 34.2 Å². The van der Waals surface area contributed by atoms with Gasteiger partial charge in [0.15, 0.2) is 0 Å². The number of cyclic esters (lactones) is 1. The molecule has 3 aromatic heterocycles. The van der Waals surface area contributed by atoms with Gasteiger partial charge in [0.25, 0.3) is 5.91 Å². The van der Waals surface area contributed by atoms with E-state index in [1.807, 2.05) is 39.0 Å². The third kappa shape index (κ3) is 11.9. The van der Waals surface area contributed by atoms with Crippen LogP contribution in [0, 0.1) is 22.7 Å². The number of carbonyl (C=O) groups excluding carboxylic acids is 4. The lowest BCUT2D eigenvalue weighted by Crippen LogP contribution is -2.63. The first-order valence-electron chi connectivity index (χ1n) is 26.0. The fraction of sp³-hybridized carbons (Fsp3) is 0.615. The minimum atomic E-state index is -4.62. The number of piperazine rings is 1. The molecule has 4 fully saturated rings. The minimum absolute atomic E-state index is 0.0423. The third-order valence-corrected chi connectivity index (χ3v) is 15.1. The minimum Gasteiger partial charge on any atom is -0.464 e. The van der Waals surface area contributed by atoms with Gasteiger partial charge in [0.2, 0.25) is 5.91 Å². The molecule has 5 aliphatic rings. The maximum atomic E-state index is 15.1. The molecule has 20 nitrogen and oxygen atoms in total. The topological polar surface area (TPSA) is 209 Å². The highest BCUT2D eigenvalue weighted by molar-refractivity contribution is 5.95. The second kappa shape index (κ2) is 22.1. The molecular weight excluding hydrogens is 976 g/mol. The van der Waals surface area contributed by atoms with Crippen molar-refractivity contribution >= 4 is 46.1 Å². The molecule has 7 heterocycles. The highest BCUT2D eigenvalue weighted by Crippen LogP contribution is 2.44. The number of anilines is 2. The van der Waals surface area contributed by atoms with Crippen LogP contribution in [0.4, 0.5) is 29.3 Å². The van der Waals surface area contributed by atoms with Gasteiger partial charge in [0.05, 0.1) is 67.2 Å². The summed E-state index contributed by atoms with van der Waals surface area (Å²) in [5.74, 6) is -2.42. The van der Waals surface area contributed by atoms with Crippen molar-refractivity contribution in [2.24, 2.45) is 11.3 Å². The zero-order chi connectivity index (χ0) is 53.3. The van der Waals surface area contributed by atoms with Crippen molar-refractivity contribution in [3.8, 4) is 17.3 Å². The lowest BCUT2D eigenvalue weighted by atomic mass is 9.84. The van der Waals surface area contributed by atoms with Crippen LogP contribution in [0.2, 0.25) is 0 Å². The number of nitrogens with zero attached hydrogens (tertiary/aromatic N) is 11. The van der Waals surface area contributed by atoms with Crippen LogP contribution in [-0.4, -0.2) is 172 Å². The summed E-state index contributed by atoms with van der Waals surface area (Å²) in [5.41, 5.74) is 6.08. The first-order valence-corrected chi connectivity index (χ1v) is 26.0. The van der Waals surface area contributed by atoms with Gasteiger partial charge in [-0.2, -0.15) is 28.6 Å². The number of methoxy groups -OCH3 is 1. The molecule has 75 heavy (non-hydrogen) atoms. The number of amides is 3. The number of esters is 1. The summed E-state index contributed by atoms with van der Waals surface area (Å²) in [6.07, 6.45) is 1.81. The Morgan fingerprint density at radius 3 is 2.44 bits per heavy atom. The van der Waals surface area contributed by atoms with Crippen LogP contribution in [0.5, 0.6) is 0 Å². The van der Waals surface area contributed by atoms with Crippen LogP contribution < -0.4 is 20.5 Å². The zero-order valence-electron chi connectivity index (χ0n) is 43.5. The lowest BCUT2D eigenvalue weighted by molar-refractivity contribution is -0.156. The maximum absolute atomic E-state index is 15.1. The number of hydrogen-bond acceptors (Lipinski definition) is 15. The Balaban J connectivity index is 1.13. The van der Waals surface area contributed by atoms with Gasteiger partial charge in [0, 0.05) is 93.0 Å². The van der Waals surface area contributed by atoms with Crippen molar-refractivity contribution in [3.63, 3.8) is 0 Å². The number of halogens is 3. The van der Waals surface area contributed by atoms with E-state index in [-0.39, 0.29) is 39.1 Å². The molecule has 1 saturated carbocycles. The number of aromatic nitrogens is 5. The molecule has 4 aliphatic heterocycles. The van der Waals surface area contributed by atoms with Crippen LogP contribution in [0.25, 0.3) is 22.2 Å². The molecule has 5 atom stereocenters. The van der Waals surface area contributed by atoms with E-state index >= 15 is 13.2 Å². The Bertz CT molecular complexity index is 2770. The SMILES string of the molecule is CO[C@@H](C)c1ncc(N2CCN(C3CC3)CC2)cc1-c1c2c3cc(ccc3n1CC(F)(F)F)N1CCO[C@@H](C[C@H](NC(=O)[C@H](C(C)C)N(CC#N)C(=O)n3nccn3)C(=O)N3CCC[C@H](N3)C(=O)OCC(C)(C)C2)C1. The summed E-state index contributed by atoms with van der Waals surface area (Å²) in [6, 6.07) is 5.71. The Hall–Kier alpha value is -6.35. The van der Waals surface area contributed by atoms with E-state index < -0.39 is 84.7 Å². The molecule has 9 rings (SSSR count). The number of pyridine rings is 1. The summed E-state index contributed by atoms with van der Waals surface area (Å²) in [5, 5.41) is 22.4. The molecule has 4 aromatic rings. The number of nitriles is 1. The number of alkyl halides is 3. The smallest absolute Gasteiger partial charge is 0.406 e. The van der Waals surface area contributed by atoms with E-state index in [1.54, 1.807) is 39.3 Å². The number of nitrogens with one attached hydrogen (secondary N) is 2. The molecule has 404 valence electrons. The van der Waals surface area contributed by atoms with Crippen LogP contribution in [0.1, 0.15) is 84.1 Å². The summed E-state index contributed by atoms with van der Waals surface area (Å²) < 4.78 is 65.0. The maximum Gasteiger partial charge on any atom is 0.406 e. The van der Waals surface area contributed by atoms with Gasteiger partial charge in [-0.05, 0) is 74.8 Å². The normalized spacial score (nSPS) is 22.8. The molecule has 0 radical (unpaired) electrons. The Morgan fingerprint density at radius 2 is 1.76 bits per heavy atom. The predicted octanol–water partition coefficient (Wildman–Crippen LogP) is 5.07. The monoisotopic (exact) mass is 1040 g/mol. The molecule has 1 aliphatic carbocycles. The second-order valence-corrected chi connectivity index (χ2v) is 21.6. The van der Waals surface area contributed by atoms with Crippen molar-refractivity contribution in [1.29, 1.82) is 5.26 Å². The van der Waals surface area contributed by atoms with Gasteiger partial charge < -0.3 is 33.9 Å². The van der Waals surface area contributed by atoms with E-state index in [2.05, 4.69) is 35.6 Å². The molecule has 0 unspecified atom stereocenters. The third-order valence-electron chi connectivity index (χ3n) is 15.1. The molecule has 6 bridgehead atoms. The number of hydrogen-bond donors (Lipinski definition) is 2. The van der Waals surface area contributed by atoms with Crippen LogP contribution in [0.15, 0.2) is 42.9 Å². The standard InChI is InChI=1S/C52H68F3N13O7/c1-32(2)45(65(17-13-56)50(72)68-58-14-15-59-68)47(69)60-42-26-37-29-64(22-23-74-37)35-11-12-43-38(24-35)40(27-51(4,5)31-75-49(71)41-8-7-16-67(61-41)48(42)70)46(66(43)30-52(53,54)55)39-25-36(28-57-44(39)33(3)73-6)63-20-18-62(19-21-63)34-9-10-34/h11-12,14-15,24-25,28,32-34,37,41-42,45,61H,7-10,16-23,26-27,29-31H2,1-6H3,(H,60,69)/t33-,37-,41-,42-,45-/m0/s1. The fourth-order valence-electron chi connectivity index (χ4n) is 11.1. The quantitative estimate of drug-likeness (QED) is 0.149. The number of hydrazine groups is 1. The number of fused-ring (bicyclic) bond motifs is 6. The van der Waals surface area contributed by atoms with E-state index in [1.165, 1.54) is 34.8 Å². The Morgan fingerprint density at radius 1 is 1.01 bits per heavy atom. The zero-order valence-corrected chi connectivity index (χ0v) is 43.5. The largest absolute Gasteiger partial charge is 0.464 e. The van der Waals surface area contributed by atoms with E-state index in [4.69, 9.17) is 19.2 Å². The predicted molar refractivity (Wildman–Crippen MR) is 270 cm³/mol. The first kappa shape index (κ1) is 53.5. The summed E-state index contributed by atoms with van der Waals surface area (Å²) in [4.78, 5) is 70.6. The molecule has 23 heteroatoms. The number of benzene rings is 1. The molecule has 0 spiro atoms. The van der Waals surface area contributed by atoms with Crippen molar-refractivity contribution in [2.75, 3.05) is 82.5 Å². The van der Waals surface area contributed by atoms with E-state index in [0.717, 1.165) is 41.6 Å². The van der Waals surface area contributed by atoms with Crippen molar-refractivity contribution < 1.29 is 46.6 Å². The average molecular weight is 1040 g/mol. The highest BCUT2D eigenvalue weighted by Gasteiger charge is 2.42. The van der Waals surface area contributed by atoms with Gasteiger partial charge in [-0.15, -0.1) is 0 Å². The lowest BCUT2D eigenvalue weighted by Gasteiger charge is -2.39. The Labute approximate surface area is 434 Å². The summed E-state index contributed by atoms with van der Waals surface area (Å²) in [6.45, 7) is 11.5. The van der Waals surface area contributed by atoms with Crippen molar-refractivity contribution in [3.05, 3.63) is 54.1 Å². The number of morpholine rings is 1.